The van der Waals surface area contributed by atoms with E-state index in [1.807, 2.05) is 0 Å². The third kappa shape index (κ3) is 3.34. The Labute approximate surface area is 137 Å². The van der Waals surface area contributed by atoms with Gasteiger partial charge >= 0.3 is 6.18 Å². The molecule has 3 rings (SSSR count). The van der Waals surface area contributed by atoms with Gasteiger partial charge in [0, 0.05) is 24.8 Å². The minimum atomic E-state index is -4.50. The van der Waals surface area contributed by atoms with E-state index in [1.165, 1.54) is 6.07 Å². The van der Waals surface area contributed by atoms with Gasteiger partial charge in [0.25, 0.3) is 0 Å². The molecule has 126 valence electrons. The summed E-state index contributed by atoms with van der Waals surface area (Å²) in [5.74, 6) is -0.348. The number of alkyl halides is 3. The first kappa shape index (κ1) is 16.3. The van der Waals surface area contributed by atoms with E-state index in [0.717, 1.165) is 25.1 Å². The predicted molar refractivity (Wildman–Crippen MR) is 84.1 cm³/mol. The van der Waals surface area contributed by atoms with Gasteiger partial charge in [-0.15, -0.1) is 0 Å². The highest BCUT2D eigenvalue weighted by molar-refractivity contribution is 5.92. The number of hydrogen-bond acceptors (Lipinski definition) is 4. The summed E-state index contributed by atoms with van der Waals surface area (Å²) >= 11 is 0. The molecule has 0 bridgehead atoms. The van der Waals surface area contributed by atoms with Gasteiger partial charge in [-0.1, -0.05) is 12.1 Å². The second kappa shape index (κ2) is 6.51. The number of aromatic nitrogens is 1. The molecular formula is C17H16F3N3O. The molecule has 0 amide bonds. The van der Waals surface area contributed by atoms with E-state index in [-0.39, 0.29) is 0 Å². The van der Waals surface area contributed by atoms with E-state index in [9.17, 15) is 18.3 Å². The second-order valence-electron chi connectivity index (χ2n) is 5.51. The summed E-state index contributed by atoms with van der Waals surface area (Å²) in [6.07, 6.45) is -2.01. The Morgan fingerprint density at radius 3 is 2.58 bits per heavy atom. The summed E-state index contributed by atoms with van der Waals surface area (Å²) in [4.78, 5) is 8.72. The van der Waals surface area contributed by atoms with E-state index in [1.54, 1.807) is 24.4 Å². The number of nitrogens with zero attached hydrogens (tertiary/aromatic N) is 2. The van der Waals surface area contributed by atoms with Crippen LogP contribution < -0.4 is 5.32 Å². The van der Waals surface area contributed by atoms with Crippen molar-refractivity contribution < 1.29 is 18.3 Å². The van der Waals surface area contributed by atoms with Crippen LogP contribution in [-0.4, -0.2) is 29.0 Å². The maximum Gasteiger partial charge on any atom is 0.416 e. The summed E-state index contributed by atoms with van der Waals surface area (Å²) in [6.45, 7) is 1.36. The number of halogens is 3. The van der Waals surface area contributed by atoms with Crippen LogP contribution in [-0.2, 0) is 6.18 Å². The lowest BCUT2D eigenvalue weighted by Gasteiger charge is -2.24. The minimum Gasteiger partial charge on any atom is -0.508 e. The molecule has 0 aliphatic carbocycles. The van der Waals surface area contributed by atoms with E-state index in [2.05, 4.69) is 15.3 Å². The lowest BCUT2D eigenvalue weighted by Crippen LogP contribution is -2.35. The Bertz CT molecular complexity index is 744. The standard InChI is InChI=1S/C17H16F3N3O/c18-17(19,20)11-5-6-12(14(24)10-11)15(13-4-1-2-7-21-13)16-22-8-3-9-23-16/h1-2,4-7,10,15,24H,3,8-9H2,(H,22,23). The number of hydrogen-bond donors (Lipinski definition) is 2. The molecule has 2 aromatic rings. The van der Waals surface area contributed by atoms with Gasteiger partial charge in [0.05, 0.1) is 17.2 Å². The average molecular weight is 335 g/mol. The molecule has 7 heteroatoms. The fourth-order valence-corrected chi connectivity index (χ4v) is 2.70. The number of nitrogens with one attached hydrogen (secondary N) is 1. The second-order valence-corrected chi connectivity index (χ2v) is 5.51. The zero-order chi connectivity index (χ0) is 17.2. The number of benzene rings is 1. The number of aromatic hydroxyl groups is 1. The average Bonchev–Trinajstić information content (AvgIpc) is 2.58. The number of amidine groups is 1. The number of phenolic OH excluding ortho intramolecular Hbond substituents is 1. The highest BCUT2D eigenvalue weighted by Crippen LogP contribution is 2.37. The predicted octanol–water partition coefficient (Wildman–Crippen LogP) is 3.33. The lowest BCUT2D eigenvalue weighted by atomic mass is 9.91. The van der Waals surface area contributed by atoms with E-state index in [0.29, 0.717) is 23.6 Å². The maximum atomic E-state index is 12.8. The summed E-state index contributed by atoms with van der Waals surface area (Å²) in [5, 5.41) is 13.4. The smallest absolute Gasteiger partial charge is 0.416 e. The Hall–Kier alpha value is -2.57. The van der Waals surface area contributed by atoms with Gasteiger partial charge in [0.1, 0.15) is 11.6 Å². The van der Waals surface area contributed by atoms with Crippen LogP contribution in [0.4, 0.5) is 13.2 Å². The fourth-order valence-electron chi connectivity index (χ4n) is 2.70. The van der Waals surface area contributed by atoms with Crippen molar-refractivity contribution >= 4 is 5.84 Å². The van der Waals surface area contributed by atoms with Crippen molar-refractivity contribution in [3.05, 3.63) is 59.4 Å². The molecule has 1 aliphatic rings. The molecule has 1 unspecified atom stereocenters. The largest absolute Gasteiger partial charge is 0.508 e. The van der Waals surface area contributed by atoms with Gasteiger partial charge in [0.15, 0.2) is 0 Å². The van der Waals surface area contributed by atoms with Crippen LogP contribution in [0.3, 0.4) is 0 Å². The molecule has 1 aromatic carbocycles. The lowest BCUT2D eigenvalue weighted by molar-refractivity contribution is -0.137. The molecule has 0 fully saturated rings. The van der Waals surface area contributed by atoms with Crippen molar-refractivity contribution in [2.24, 2.45) is 4.99 Å². The number of aliphatic imine (C=N–C) groups is 1. The van der Waals surface area contributed by atoms with E-state index >= 15 is 0 Å². The zero-order valence-electron chi connectivity index (χ0n) is 12.7. The van der Waals surface area contributed by atoms with Crippen LogP contribution in [0.5, 0.6) is 5.75 Å². The highest BCUT2D eigenvalue weighted by atomic mass is 19.4. The van der Waals surface area contributed by atoms with Crippen LogP contribution in [0.2, 0.25) is 0 Å². The van der Waals surface area contributed by atoms with Gasteiger partial charge in [-0.25, -0.2) is 0 Å². The molecule has 24 heavy (non-hydrogen) atoms. The zero-order valence-corrected chi connectivity index (χ0v) is 12.7. The Morgan fingerprint density at radius 1 is 1.17 bits per heavy atom. The van der Waals surface area contributed by atoms with E-state index in [4.69, 9.17) is 0 Å². The van der Waals surface area contributed by atoms with Crippen molar-refractivity contribution in [2.75, 3.05) is 13.1 Å². The fraction of sp³-hybridized carbons (Fsp3) is 0.294. The summed E-state index contributed by atoms with van der Waals surface area (Å²) in [5.41, 5.74) is 0.0672. The molecule has 0 saturated carbocycles. The third-order valence-corrected chi connectivity index (χ3v) is 3.85. The number of pyridine rings is 1. The van der Waals surface area contributed by atoms with Crippen molar-refractivity contribution in [1.82, 2.24) is 10.3 Å². The number of phenols is 1. The molecule has 2 heterocycles. The Morgan fingerprint density at radius 2 is 2.00 bits per heavy atom. The molecular weight excluding hydrogens is 319 g/mol. The van der Waals surface area contributed by atoms with Gasteiger partial charge in [-0.3, -0.25) is 9.98 Å². The van der Waals surface area contributed by atoms with Crippen molar-refractivity contribution in [3.63, 3.8) is 0 Å². The van der Waals surface area contributed by atoms with Crippen LogP contribution in [0.15, 0.2) is 47.6 Å². The van der Waals surface area contributed by atoms with Crippen molar-refractivity contribution in [3.8, 4) is 5.75 Å². The minimum absolute atomic E-state index is 0.342. The highest BCUT2D eigenvalue weighted by Gasteiger charge is 2.33. The molecule has 2 N–H and O–H groups in total. The molecule has 0 spiro atoms. The third-order valence-electron chi connectivity index (χ3n) is 3.85. The Balaban J connectivity index is 2.08. The van der Waals surface area contributed by atoms with Crippen LogP contribution in [0.1, 0.15) is 29.2 Å². The molecule has 1 aliphatic heterocycles. The topological polar surface area (TPSA) is 57.5 Å². The van der Waals surface area contributed by atoms with Crippen molar-refractivity contribution in [2.45, 2.75) is 18.5 Å². The SMILES string of the molecule is Oc1cc(C(F)(F)F)ccc1C(C1=NCCCN1)c1ccccn1. The molecule has 1 aromatic heterocycles. The first-order chi connectivity index (χ1) is 11.5. The van der Waals surface area contributed by atoms with Crippen molar-refractivity contribution in [1.29, 1.82) is 0 Å². The normalized spacial score (nSPS) is 16.2. The number of rotatable bonds is 3. The molecule has 4 nitrogen and oxygen atoms in total. The molecule has 0 saturated heterocycles. The molecule has 0 radical (unpaired) electrons. The van der Waals surface area contributed by atoms with Gasteiger partial charge in [0.2, 0.25) is 0 Å². The van der Waals surface area contributed by atoms with Gasteiger partial charge in [-0.2, -0.15) is 13.2 Å². The summed E-state index contributed by atoms with van der Waals surface area (Å²) in [7, 11) is 0. The van der Waals surface area contributed by atoms with Gasteiger partial charge in [-0.05, 0) is 30.7 Å². The first-order valence-electron chi connectivity index (χ1n) is 7.56. The monoisotopic (exact) mass is 335 g/mol. The van der Waals surface area contributed by atoms with Crippen LogP contribution in [0, 0.1) is 0 Å². The van der Waals surface area contributed by atoms with Gasteiger partial charge < -0.3 is 10.4 Å². The first-order valence-corrected chi connectivity index (χ1v) is 7.56. The Kier molecular flexibility index (Phi) is 4.42. The van der Waals surface area contributed by atoms with Crippen LogP contribution in [0.25, 0.3) is 0 Å². The van der Waals surface area contributed by atoms with E-state index < -0.39 is 23.4 Å². The summed E-state index contributed by atoms with van der Waals surface area (Å²) in [6, 6.07) is 8.31. The maximum absolute atomic E-state index is 12.8. The van der Waals surface area contributed by atoms with Crippen LogP contribution >= 0.6 is 0 Å². The quantitative estimate of drug-likeness (QED) is 0.905. The summed E-state index contributed by atoms with van der Waals surface area (Å²) < 4.78 is 38.5. The molecule has 1 atom stereocenters.